The van der Waals surface area contributed by atoms with E-state index >= 15 is 0 Å². The normalized spacial score (nSPS) is 16.1. The number of hydrogen-bond acceptors (Lipinski definition) is 4. The van der Waals surface area contributed by atoms with E-state index in [4.69, 9.17) is 21.5 Å². The van der Waals surface area contributed by atoms with E-state index in [1.807, 2.05) is 29.7 Å². The summed E-state index contributed by atoms with van der Waals surface area (Å²) >= 11 is 5.84. The third kappa shape index (κ3) is 7.20. The number of amides is 1. The van der Waals surface area contributed by atoms with E-state index in [-0.39, 0.29) is 10.9 Å². The molecule has 1 aromatic heterocycles. The van der Waals surface area contributed by atoms with Crippen LogP contribution >= 0.6 is 11.6 Å². The Bertz CT molecular complexity index is 949. The zero-order valence-corrected chi connectivity index (χ0v) is 18.2. The number of rotatable bonds is 4. The van der Waals surface area contributed by atoms with E-state index in [0.717, 1.165) is 25.2 Å². The summed E-state index contributed by atoms with van der Waals surface area (Å²) < 4.78 is 47.1. The van der Waals surface area contributed by atoms with E-state index in [9.17, 15) is 22.4 Å². The molecular weight excluding hydrogens is 456 g/mol. The summed E-state index contributed by atoms with van der Waals surface area (Å²) in [6.07, 6.45) is -2.35. The average Bonchev–Trinajstić information content (AvgIpc) is 3.05. The lowest BCUT2D eigenvalue weighted by Gasteiger charge is -2.25. The van der Waals surface area contributed by atoms with Crippen molar-refractivity contribution in [3.63, 3.8) is 0 Å². The van der Waals surface area contributed by atoms with Crippen molar-refractivity contribution in [1.29, 1.82) is 0 Å². The lowest BCUT2D eigenvalue weighted by atomic mass is 10.0. The van der Waals surface area contributed by atoms with Gasteiger partial charge in [0.05, 0.1) is 17.3 Å². The highest BCUT2D eigenvalue weighted by atomic mass is 35.5. The number of alkyl halides is 3. The fourth-order valence-electron chi connectivity index (χ4n) is 3.12. The van der Waals surface area contributed by atoms with Gasteiger partial charge < -0.3 is 14.9 Å². The first-order valence-electron chi connectivity index (χ1n) is 9.58. The Morgan fingerprint density at radius 1 is 1.25 bits per heavy atom. The molecule has 0 saturated carbocycles. The van der Waals surface area contributed by atoms with Gasteiger partial charge in [0.2, 0.25) is 0 Å². The molecule has 0 aliphatic carbocycles. The van der Waals surface area contributed by atoms with Crippen LogP contribution in [0.4, 0.5) is 17.6 Å². The van der Waals surface area contributed by atoms with Crippen LogP contribution in [0, 0.1) is 11.7 Å². The van der Waals surface area contributed by atoms with Gasteiger partial charge in [-0.25, -0.2) is 9.18 Å². The first kappa shape index (κ1) is 25.6. The van der Waals surface area contributed by atoms with Crippen molar-refractivity contribution >= 4 is 23.5 Å². The van der Waals surface area contributed by atoms with Gasteiger partial charge in [0.1, 0.15) is 5.82 Å². The SMILES string of the molecule is CN(C)CCC1CN(C(=O)c2ccc(F)c(Cl)c2)Cc2ccnn2C1.O=C(O)C(F)(F)F. The van der Waals surface area contributed by atoms with Crippen LogP contribution in [0.1, 0.15) is 22.5 Å². The molecule has 7 nitrogen and oxygen atoms in total. The fourth-order valence-corrected chi connectivity index (χ4v) is 3.30. The molecule has 1 atom stereocenters. The van der Waals surface area contributed by atoms with Gasteiger partial charge in [-0.1, -0.05) is 11.6 Å². The molecule has 1 aromatic carbocycles. The quantitative estimate of drug-likeness (QED) is 0.680. The van der Waals surface area contributed by atoms with Crippen molar-refractivity contribution in [2.45, 2.75) is 25.7 Å². The van der Waals surface area contributed by atoms with Gasteiger partial charge >= 0.3 is 12.1 Å². The number of nitrogens with zero attached hydrogens (tertiary/aromatic N) is 4. The summed E-state index contributed by atoms with van der Waals surface area (Å²) in [5.41, 5.74) is 1.42. The second kappa shape index (κ2) is 10.8. The molecule has 1 aliphatic rings. The number of benzene rings is 1. The Kier molecular flexibility index (Phi) is 8.62. The summed E-state index contributed by atoms with van der Waals surface area (Å²) in [5.74, 6) is -3.10. The second-order valence-electron chi connectivity index (χ2n) is 7.58. The number of aliphatic carboxylic acids is 1. The van der Waals surface area contributed by atoms with E-state index in [1.165, 1.54) is 18.2 Å². The van der Waals surface area contributed by atoms with Crippen LogP contribution in [0.2, 0.25) is 5.02 Å². The molecule has 2 aromatic rings. The summed E-state index contributed by atoms with van der Waals surface area (Å²) in [7, 11) is 4.08. The Morgan fingerprint density at radius 3 is 2.47 bits per heavy atom. The van der Waals surface area contributed by atoms with E-state index in [1.54, 1.807) is 6.20 Å². The highest BCUT2D eigenvalue weighted by molar-refractivity contribution is 6.31. The molecule has 1 N–H and O–H groups in total. The smallest absolute Gasteiger partial charge is 0.475 e. The molecule has 12 heteroatoms. The maximum Gasteiger partial charge on any atom is 0.490 e. The average molecular weight is 479 g/mol. The van der Waals surface area contributed by atoms with Crippen molar-refractivity contribution in [3.05, 3.63) is 52.6 Å². The van der Waals surface area contributed by atoms with Crippen LogP contribution in [0.5, 0.6) is 0 Å². The topological polar surface area (TPSA) is 78.7 Å². The maximum absolute atomic E-state index is 13.4. The molecule has 1 unspecified atom stereocenters. The second-order valence-corrected chi connectivity index (χ2v) is 7.99. The summed E-state index contributed by atoms with van der Waals surface area (Å²) in [6, 6.07) is 6.06. The molecular formula is C20H23ClF4N4O3. The van der Waals surface area contributed by atoms with Crippen LogP contribution in [-0.2, 0) is 17.9 Å². The van der Waals surface area contributed by atoms with Gasteiger partial charge in [0.25, 0.3) is 5.91 Å². The van der Waals surface area contributed by atoms with Gasteiger partial charge in [-0.3, -0.25) is 9.48 Å². The summed E-state index contributed by atoms with van der Waals surface area (Å²) in [6.45, 7) is 2.88. The summed E-state index contributed by atoms with van der Waals surface area (Å²) in [4.78, 5) is 25.8. The van der Waals surface area contributed by atoms with Crippen LogP contribution in [0.25, 0.3) is 0 Å². The predicted molar refractivity (Wildman–Crippen MR) is 109 cm³/mol. The molecule has 0 saturated heterocycles. The van der Waals surface area contributed by atoms with Gasteiger partial charge in [-0.15, -0.1) is 0 Å². The maximum atomic E-state index is 13.4. The Labute approximate surface area is 187 Å². The first-order valence-corrected chi connectivity index (χ1v) is 9.96. The van der Waals surface area contributed by atoms with Crippen molar-refractivity contribution in [3.8, 4) is 0 Å². The molecule has 0 spiro atoms. The molecule has 0 fully saturated rings. The molecule has 176 valence electrons. The fraction of sp³-hybridized carbons (Fsp3) is 0.450. The molecule has 1 amide bonds. The Hall–Kier alpha value is -2.66. The largest absolute Gasteiger partial charge is 0.490 e. The number of fused-ring (bicyclic) bond motifs is 1. The van der Waals surface area contributed by atoms with E-state index in [0.29, 0.717) is 24.6 Å². The highest BCUT2D eigenvalue weighted by Crippen LogP contribution is 2.22. The van der Waals surface area contributed by atoms with Crippen molar-refractivity contribution in [1.82, 2.24) is 19.6 Å². The highest BCUT2D eigenvalue weighted by Gasteiger charge is 2.38. The van der Waals surface area contributed by atoms with Crippen LogP contribution in [0.3, 0.4) is 0 Å². The lowest BCUT2D eigenvalue weighted by Crippen LogP contribution is -2.34. The number of halogens is 5. The molecule has 0 radical (unpaired) electrons. The van der Waals surface area contributed by atoms with Gasteiger partial charge in [0, 0.05) is 24.8 Å². The monoisotopic (exact) mass is 478 g/mol. The molecule has 3 rings (SSSR count). The lowest BCUT2D eigenvalue weighted by molar-refractivity contribution is -0.192. The zero-order valence-electron chi connectivity index (χ0n) is 17.4. The van der Waals surface area contributed by atoms with E-state index in [2.05, 4.69) is 10.00 Å². The molecule has 2 heterocycles. The van der Waals surface area contributed by atoms with Crippen molar-refractivity contribution in [2.24, 2.45) is 5.92 Å². The third-order valence-corrected chi connectivity index (χ3v) is 5.04. The summed E-state index contributed by atoms with van der Waals surface area (Å²) in [5, 5.41) is 11.5. The minimum atomic E-state index is -5.08. The van der Waals surface area contributed by atoms with E-state index < -0.39 is 18.0 Å². The number of carboxylic acids is 1. The minimum Gasteiger partial charge on any atom is -0.475 e. The van der Waals surface area contributed by atoms with Gasteiger partial charge in [-0.05, 0) is 57.2 Å². The number of carbonyl (C=O) groups excluding carboxylic acids is 1. The van der Waals surface area contributed by atoms with Crippen LogP contribution < -0.4 is 0 Å². The standard InChI is InChI=1S/C18H22ClFN4O.C2HF3O2/c1-22(2)8-6-13-10-23(12-15-5-7-21-24(15)11-13)18(25)14-3-4-17(20)16(19)9-14;3-2(4,5)1(6)7/h3-5,7,9,13H,6,8,10-12H2,1-2H3;(H,6,7). The van der Waals surface area contributed by atoms with Crippen LogP contribution in [0.15, 0.2) is 30.5 Å². The number of aromatic nitrogens is 2. The predicted octanol–water partition coefficient (Wildman–Crippen LogP) is 3.53. The third-order valence-electron chi connectivity index (χ3n) is 4.75. The van der Waals surface area contributed by atoms with Gasteiger partial charge in [-0.2, -0.15) is 18.3 Å². The number of hydrogen-bond donors (Lipinski definition) is 1. The first-order chi connectivity index (χ1) is 14.9. The van der Waals surface area contributed by atoms with Crippen molar-refractivity contribution in [2.75, 3.05) is 27.2 Å². The molecule has 0 bridgehead atoms. The number of carbonyl (C=O) groups is 2. The minimum absolute atomic E-state index is 0.0325. The van der Waals surface area contributed by atoms with Crippen molar-refractivity contribution < 1.29 is 32.3 Å². The zero-order chi connectivity index (χ0) is 24.1. The van der Waals surface area contributed by atoms with Gasteiger partial charge in [0.15, 0.2) is 0 Å². The number of carboxylic acid groups (broad SMARTS) is 1. The Morgan fingerprint density at radius 2 is 1.91 bits per heavy atom. The molecule has 32 heavy (non-hydrogen) atoms. The Balaban J connectivity index is 0.000000451. The molecule has 1 aliphatic heterocycles. The van der Waals surface area contributed by atoms with Crippen LogP contribution in [-0.4, -0.2) is 69.9 Å².